The monoisotopic (exact) mass is 377 g/mol. The first-order chi connectivity index (χ1) is 12.3. The average molecular weight is 377 g/mol. The Balaban J connectivity index is 1.68. The summed E-state index contributed by atoms with van der Waals surface area (Å²) in [4.78, 5) is 14.3. The zero-order valence-electron chi connectivity index (χ0n) is 14.4. The maximum absolute atomic E-state index is 13.3. The minimum atomic E-state index is -3.17. The van der Waals surface area contributed by atoms with Gasteiger partial charge in [-0.25, -0.2) is 12.8 Å². The first kappa shape index (κ1) is 18.3. The Kier molecular flexibility index (Phi) is 5.24. The van der Waals surface area contributed by atoms with Crippen LogP contribution in [0.4, 0.5) is 15.8 Å². The Bertz CT molecular complexity index is 909. The van der Waals surface area contributed by atoms with Gasteiger partial charge in [-0.3, -0.25) is 4.79 Å². The maximum atomic E-state index is 13.3. The minimum Gasteiger partial charge on any atom is -0.369 e. The number of hydrogen-bond acceptors (Lipinski definition) is 4. The number of amides is 1. The molecule has 0 aromatic heterocycles. The molecule has 6 nitrogen and oxygen atoms in total. The molecule has 138 valence electrons. The lowest BCUT2D eigenvalue weighted by molar-refractivity contribution is 0.102. The molecule has 0 saturated carbocycles. The van der Waals surface area contributed by atoms with Crippen LogP contribution < -0.4 is 10.2 Å². The number of benzene rings is 2. The summed E-state index contributed by atoms with van der Waals surface area (Å²) in [6.45, 7) is 2.01. The van der Waals surface area contributed by atoms with Gasteiger partial charge in [0.2, 0.25) is 10.0 Å². The Morgan fingerprint density at radius 1 is 1.04 bits per heavy atom. The van der Waals surface area contributed by atoms with E-state index in [2.05, 4.69) is 10.2 Å². The molecule has 0 bridgehead atoms. The molecule has 1 saturated heterocycles. The summed E-state index contributed by atoms with van der Waals surface area (Å²) in [5.74, 6) is -0.848. The summed E-state index contributed by atoms with van der Waals surface area (Å²) >= 11 is 0. The smallest absolute Gasteiger partial charge is 0.255 e. The summed E-state index contributed by atoms with van der Waals surface area (Å²) in [5, 5.41) is 2.76. The molecule has 26 heavy (non-hydrogen) atoms. The number of nitrogens with zero attached hydrogens (tertiary/aromatic N) is 2. The van der Waals surface area contributed by atoms with Crippen LogP contribution in [0.15, 0.2) is 48.5 Å². The summed E-state index contributed by atoms with van der Waals surface area (Å²) in [5.41, 5.74) is 1.75. The topological polar surface area (TPSA) is 69.7 Å². The van der Waals surface area contributed by atoms with Gasteiger partial charge in [0.05, 0.1) is 6.26 Å². The van der Waals surface area contributed by atoms with Crippen molar-refractivity contribution >= 4 is 27.3 Å². The molecule has 1 N–H and O–H groups in total. The summed E-state index contributed by atoms with van der Waals surface area (Å²) in [6, 6.07) is 12.8. The first-order valence-corrected chi connectivity index (χ1v) is 10.0. The molecule has 1 aliphatic rings. The number of nitrogens with one attached hydrogen (secondary N) is 1. The molecule has 3 rings (SSSR count). The fraction of sp³-hybridized carbons (Fsp3) is 0.278. The molecule has 0 aliphatic carbocycles. The second kappa shape index (κ2) is 7.43. The molecule has 0 radical (unpaired) electrons. The number of rotatable bonds is 4. The van der Waals surface area contributed by atoms with Crippen molar-refractivity contribution in [2.75, 3.05) is 42.7 Å². The van der Waals surface area contributed by atoms with Crippen LogP contribution in [0.2, 0.25) is 0 Å². The number of halogens is 1. The largest absolute Gasteiger partial charge is 0.369 e. The number of carbonyl (C=O) groups excluding carboxylic acids is 1. The van der Waals surface area contributed by atoms with E-state index in [-0.39, 0.29) is 11.5 Å². The third-order valence-corrected chi connectivity index (χ3v) is 5.57. The van der Waals surface area contributed by atoms with Crippen LogP contribution in [0.1, 0.15) is 10.4 Å². The molecule has 1 amide bonds. The van der Waals surface area contributed by atoms with Crippen LogP contribution >= 0.6 is 0 Å². The van der Waals surface area contributed by atoms with Crippen LogP contribution in [0, 0.1) is 5.82 Å². The molecule has 2 aromatic rings. The Morgan fingerprint density at radius 2 is 1.73 bits per heavy atom. The number of piperazine rings is 1. The third kappa shape index (κ3) is 4.39. The Hall–Kier alpha value is -2.45. The number of carbonyl (C=O) groups is 1. The number of hydrogen-bond donors (Lipinski definition) is 1. The summed E-state index contributed by atoms with van der Waals surface area (Å²) in [7, 11) is -3.17. The zero-order chi connectivity index (χ0) is 18.7. The van der Waals surface area contributed by atoms with Gasteiger partial charge in [0.1, 0.15) is 5.82 Å². The number of sulfonamides is 1. The highest BCUT2D eigenvalue weighted by Crippen LogP contribution is 2.22. The normalized spacial score (nSPS) is 15.7. The van der Waals surface area contributed by atoms with Crippen molar-refractivity contribution in [2.45, 2.75) is 0 Å². The quantitative estimate of drug-likeness (QED) is 0.887. The lowest BCUT2D eigenvalue weighted by atomic mass is 10.2. The molecule has 8 heteroatoms. The van der Waals surface area contributed by atoms with Crippen molar-refractivity contribution in [3.63, 3.8) is 0 Å². The molecular weight excluding hydrogens is 357 g/mol. The molecule has 0 unspecified atom stereocenters. The van der Waals surface area contributed by atoms with E-state index in [4.69, 9.17) is 0 Å². The third-order valence-electron chi connectivity index (χ3n) is 4.26. The number of anilines is 2. The van der Waals surface area contributed by atoms with Gasteiger partial charge < -0.3 is 10.2 Å². The fourth-order valence-corrected chi connectivity index (χ4v) is 3.72. The zero-order valence-corrected chi connectivity index (χ0v) is 15.2. The molecule has 2 aromatic carbocycles. The van der Waals surface area contributed by atoms with Gasteiger partial charge in [-0.2, -0.15) is 4.31 Å². The van der Waals surface area contributed by atoms with Crippen LogP contribution in [-0.2, 0) is 10.0 Å². The lowest BCUT2D eigenvalue weighted by Gasteiger charge is -2.34. The Labute approximate surface area is 152 Å². The van der Waals surface area contributed by atoms with Crippen molar-refractivity contribution < 1.29 is 17.6 Å². The minimum absolute atomic E-state index is 0.247. The van der Waals surface area contributed by atoms with E-state index < -0.39 is 15.8 Å². The second-order valence-electron chi connectivity index (χ2n) is 6.16. The summed E-state index contributed by atoms with van der Waals surface area (Å²) < 4.78 is 37.9. The predicted octanol–water partition coefficient (Wildman–Crippen LogP) is 2.16. The maximum Gasteiger partial charge on any atom is 0.255 e. The van der Waals surface area contributed by atoms with E-state index in [9.17, 15) is 17.6 Å². The highest BCUT2D eigenvalue weighted by molar-refractivity contribution is 7.88. The van der Waals surface area contributed by atoms with Gasteiger partial charge in [0.15, 0.2) is 0 Å². The molecule has 0 atom stereocenters. The average Bonchev–Trinajstić information content (AvgIpc) is 2.61. The summed E-state index contributed by atoms with van der Waals surface area (Å²) in [6.07, 6.45) is 1.21. The van der Waals surface area contributed by atoms with E-state index in [0.29, 0.717) is 31.9 Å². The van der Waals surface area contributed by atoms with Crippen molar-refractivity contribution in [2.24, 2.45) is 0 Å². The van der Waals surface area contributed by atoms with Gasteiger partial charge in [0, 0.05) is 43.1 Å². The van der Waals surface area contributed by atoms with Crippen LogP contribution in [0.5, 0.6) is 0 Å². The second-order valence-corrected chi connectivity index (χ2v) is 8.15. The fourth-order valence-electron chi connectivity index (χ4n) is 2.89. The highest BCUT2D eigenvalue weighted by atomic mass is 32.2. The van der Waals surface area contributed by atoms with Crippen molar-refractivity contribution in [3.05, 3.63) is 59.9 Å². The predicted molar refractivity (Wildman–Crippen MR) is 99.4 cm³/mol. The van der Waals surface area contributed by atoms with Crippen LogP contribution in [-0.4, -0.2) is 51.1 Å². The van der Waals surface area contributed by atoms with E-state index in [1.54, 1.807) is 12.1 Å². The van der Waals surface area contributed by atoms with Gasteiger partial charge in [-0.15, -0.1) is 0 Å². The van der Waals surface area contributed by atoms with E-state index in [1.165, 1.54) is 28.8 Å². The van der Waals surface area contributed by atoms with E-state index in [1.807, 2.05) is 18.2 Å². The highest BCUT2D eigenvalue weighted by Gasteiger charge is 2.23. The van der Waals surface area contributed by atoms with Crippen molar-refractivity contribution in [1.82, 2.24) is 4.31 Å². The van der Waals surface area contributed by atoms with Crippen molar-refractivity contribution in [1.29, 1.82) is 0 Å². The van der Waals surface area contributed by atoms with Crippen molar-refractivity contribution in [3.8, 4) is 0 Å². The molecule has 1 heterocycles. The van der Waals surface area contributed by atoms with Gasteiger partial charge in [-0.05, 0) is 36.4 Å². The molecule has 0 spiro atoms. The molecule has 1 fully saturated rings. The molecular formula is C18H20FN3O3S. The van der Waals surface area contributed by atoms with Gasteiger partial charge in [0.25, 0.3) is 5.91 Å². The van der Waals surface area contributed by atoms with Crippen LogP contribution in [0.25, 0.3) is 0 Å². The van der Waals surface area contributed by atoms with E-state index >= 15 is 0 Å². The molecule has 1 aliphatic heterocycles. The first-order valence-electron chi connectivity index (χ1n) is 8.20. The van der Waals surface area contributed by atoms with Gasteiger partial charge >= 0.3 is 0 Å². The van der Waals surface area contributed by atoms with Gasteiger partial charge in [-0.1, -0.05) is 12.1 Å². The SMILES string of the molecule is CS(=O)(=O)N1CCN(c2cccc(NC(=O)c3cccc(F)c3)c2)CC1. The van der Waals surface area contributed by atoms with E-state index in [0.717, 1.165) is 5.69 Å². The lowest BCUT2D eigenvalue weighted by Crippen LogP contribution is -2.48. The Morgan fingerprint density at radius 3 is 2.38 bits per heavy atom. The van der Waals surface area contributed by atoms with Crippen LogP contribution in [0.3, 0.4) is 0 Å². The standard InChI is InChI=1S/C18H20FN3O3S/c1-26(24,25)22-10-8-21(9-11-22)17-7-3-6-16(13-17)20-18(23)14-4-2-5-15(19)12-14/h2-7,12-13H,8-11H2,1H3,(H,20,23).